The predicted octanol–water partition coefficient (Wildman–Crippen LogP) is 2.04. The van der Waals surface area contributed by atoms with Gasteiger partial charge in [0.2, 0.25) is 5.95 Å². The lowest BCUT2D eigenvalue weighted by molar-refractivity contribution is 0.122. The van der Waals surface area contributed by atoms with Crippen LogP contribution in [0.4, 0.5) is 11.8 Å². The molecule has 0 amide bonds. The Labute approximate surface area is 179 Å². The fourth-order valence-corrected chi connectivity index (χ4v) is 4.45. The number of benzene rings is 1. The van der Waals surface area contributed by atoms with Crippen molar-refractivity contribution in [3.63, 3.8) is 0 Å². The molecular formula is C22H22N8O. The van der Waals surface area contributed by atoms with Gasteiger partial charge in [-0.2, -0.15) is 4.98 Å². The predicted molar refractivity (Wildman–Crippen MR) is 117 cm³/mol. The van der Waals surface area contributed by atoms with E-state index in [4.69, 9.17) is 25.4 Å². The molecule has 1 fully saturated rings. The van der Waals surface area contributed by atoms with Gasteiger partial charge in [0.25, 0.3) is 0 Å². The largest absolute Gasteiger partial charge is 0.382 e. The lowest BCUT2D eigenvalue weighted by atomic mass is 10.1. The highest BCUT2D eigenvalue weighted by Crippen LogP contribution is 2.34. The number of imidazole rings is 1. The summed E-state index contributed by atoms with van der Waals surface area (Å²) in [7, 11) is 0. The highest BCUT2D eigenvalue weighted by Gasteiger charge is 2.27. The molecule has 1 aliphatic heterocycles. The van der Waals surface area contributed by atoms with Crippen LogP contribution in [0.3, 0.4) is 0 Å². The molecule has 1 saturated heterocycles. The van der Waals surface area contributed by atoms with Crippen molar-refractivity contribution >= 4 is 22.9 Å². The van der Waals surface area contributed by atoms with Crippen LogP contribution in [0, 0.1) is 0 Å². The number of anilines is 2. The molecule has 1 aromatic carbocycles. The molecule has 0 spiro atoms. The summed E-state index contributed by atoms with van der Waals surface area (Å²) in [5.41, 5.74) is 11.4. The van der Waals surface area contributed by atoms with Crippen molar-refractivity contribution in [2.24, 2.45) is 0 Å². The molecule has 31 heavy (non-hydrogen) atoms. The van der Waals surface area contributed by atoms with Crippen molar-refractivity contribution in [1.82, 2.24) is 29.5 Å². The van der Waals surface area contributed by atoms with Crippen LogP contribution in [-0.4, -0.2) is 55.8 Å². The quantitative estimate of drug-likeness (QED) is 0.543. The van der Waals surface area contributed by atoms with Gasteiger partial charge >= 0.3 is 0 Å². The minimum Gasteiger partial charge on any atom is -0.382 e. The molecule has 2 N–H and O–H groups in total. The minimum atomic E-state index is 0.278. The fraction of sp³-hybridized carbons (Fsp3) is 0.318. The molecule has 4 aromatic rings. The van der Waals surface area contributed by atoms with Crippen LogP contribution in [0.25, 0.3) is 22.6 Å². The van der Waals surface area contributed by atoms with E-state index in [9.17, 15) is 0 Å². The van der Waals surface area contributed by atoms with Gasteiger partial charge in [0.15, 0.2) is 5.65 Å². The topological polar surface area (TPSA) is 108 Å². The fourth-order valence-electron chi connectivity index (χ4n) is 4.45. The first kappa shape index (κ1) is 18.2. The summed E-state index contributed by atoms with van der Waals surface area (Å²) in [6, 6.07) is 8.89. The van der Waals surface area contributed by atoms with Crippen LogP contribution in [-0.2, 0) is 17.6 Å². The Balaban J connectivity index is 1.49. The third-order valence-electron chi connectivity index (χ3n) is 6.04. The molecule has 9 heteroatoms. The second-order valence-electron chi connectivity index (χ2n) is 7.95. The first-order valence-corrected chi connectivity index (χ1v) is 10.5. The summed E-state index contributed by atoms with van der Waals surface area (Å²) in [5, 5.41) is 0. The Morgan fingerprint density at radius 2 is 1.71 bits per heavy atom. The van der Waals surface area contributed by atoms with Crippen molar-refractivity contribution in [3.05, 3.63) is 54.1 Å². The molecule has 9 nitrogen and oxygen atoms in total. The second kappa shape index (κ2) is 7.28. The zero-order valence-corrected chi connectivity index (χ0v) is 17.0. The van der Waals surface area contributed by atoms with Crippen LogP contribution >= 0.6 is 0 Å². The smallest absolute Gasteiger partial charge is 0.228 e. The molecule has 6 rings (SSSR count). The number of rotatable bonds is 3. The molecule has 0 bridgehead atoms. The number of fused-ring (bicyclic) bond motifs is 2. The van der Waals surface area contributed by atoms with Gasteiger partial charge in [-0.25, -0.2) is 19.9 Å². The monoisotopic (exact) mass is 414 g/mol. The summed E-state index contributed by atoms with van der Waals surface area (Å²) in [6.07, 6.45) is 7.01. The van der Waals surface area contributed by atoms with Gasteiger partial charge in [0, 0.05) is 19.1 Å². The Morgan fingerprint density at radius 1 is 0.935 bits per heavy atom. The normalized spacial score (nSPS) is 16.7. The highest BCUT2D eigenvalue weighted by atomic mass is 16.5. The summed E-state index contributed by atoms with van der Waals surface area (Å²) in [6.45, 7) is 2.83. The first-order chi connectivity index (χ1) is 15.3. The first-order valence-electron chi connectivity index (χ1n) is 10.5. The number of morpholine rings is 1. The molecule has 0 saturated carbocycles. The van der Waals surface area contributed by atoms with E-state index in [1.807, 2.05) is 6.33 Å². The van der Waals surface area contributed by atoms with Gasteiger partial charge in [0.1, 0.15) is 22.7 Å². The number of nitrogen functional groups attached to an aromatic ring is 1. The molecular weight excluding hydrogens is 392 g/mol. The van der Waals surface area contributed by atoms with Crippen LogP contribution in [0.2, 0.25) is 0 Å². The second-order valence-corrected chi connectivity index (χ2v) is 7.95. The van der Waals surface area contributed by atoms with Gasteiger partial charge in [-0.3, -0.25) is 0 Å². The Kier molecular flexibility index (Phi) is 4.27. The molecule has 3 aromatic heterocycles. The zero-order chi connectivity index (χ0) is 20.8. The van der Waals surface area contributed by atoms with Crippen molar-refractivity contribution in [2.75, 3.05) is 36.9 Å². The van der Waals surface area contributed by atoms with Crippen LogP contribution in [0.1, 0.15) is 17.2 Å². The minimum absolute atomic E-state index is 0.278. The van der Waals surface area contributed by atoms with Crippen molar-refractivity contribution < 1.29 is 4.74 Å². The van der Waals surface area contributed by atoms with E-state index in [2.05, 4.69) is 43.7 Å². The van der Waals surface area contributed by atoms with Gasteiger partial charge < -0.3 is 19.9 Å². The Morgan fingerprint density at radius 3 is 2.42 bits per heavy atom. The van der Waals surface area contributed by atoms with E-state index in [-0.39, 0.29) is 6.04 Å². The van der Waals surface area contributed by atoms with E-state index in [0.29, 0.717) is 36.4 Å². The molecule has 0 unspecified atom stereocenters. The average Bonchev–Trinajstić information content (AvgIpc) is 3.43. The number of nitrogens with zero attached hydrogens (tertiary/aromatic N) is 7. The van der Waals surface area contributed by atoms with Crippen LogP contribution in [0.5, 0.6) is 0 Å². The Hall–Kier alpha value is -3.59. The standard InChI is InChI=1S/C22H22N8O/c23-18-12-24-17(11-25-18)19-20-21(28-22(27-19)29-5-7-31-8-6-29)30(13-26-20)16-9-14-3-1-2-4-15(14)10-16/h1-4,11-13,16H,5-10H2,(H2,23,25). The molecule has 4 heterocycles. The van der Waals surface area contributed by atoms with Gasteiger partial charge in [0.05, 0.1) is 31.9 Å². The average molecular weight is 414 g/mol. The van der Waals surface area contributed by atoms with E-state index >= 15 is 0 Å². The highest BCUT2D eigenvalue weighted by molar-refractivity contribution is 5.87. The van der Waals surface area contributed by atoms with Crippen molar-refractivity contribution in [1.29, 1.82) is 0 Å². The molecule has 0 atom stereocenters. The molecule has 156 valence electrons. The molecule has 1 aliphatic carbocycles. The SMILES string of the molecule is Nc1cnc(-c2nc(N3CCOCC3)nc3c2ncn3C2Cc3ccccc3C2)cn1. The lowest BCUT2D eigenvalue weighted by Gasteiger charge is -2.27. The molecule has 0 radical (unpaired) electrons. The number of hydrogen-bond donors (Lipinski definition) is 1. The van der Waals surface area contributed by atoms with Gasteiger partial charge in [-0.1, -0.05) is 24.3 Å². The van der Waals surface area contributed by atoms with E-state index in [0.717, 1.165) is 37.1 Å². The van der Waals surface area contributed by atoms with E-state index < -0.39 is 0 Å². The van der Waals surface area contributed by atoms with E-state index in [1.54, 1.807) is 12.4 Å². The van der Waals surface area contributed by atoms with Gasteiger partial charge in [-0.15, -0.1) is 0 Å². The van der Waals surface area contributed by atoms with E-state index in [1.165, 1.54) is 11.1 Å². The Bertz CT molecular complexity index is 1220. The third kappa shape index (κ3) is 3.17. The maximum Gasteiger partial charge on any atom is 0.228 e. The van der Waals surface area contributed by atoms with Gasteiger partial charge in [-0.05, 0) is 24.0 Å². The summed E-state index contributed by atoms with van der Waals surface area (Å²) in [5.74, 6) is 1.04. The lowest BCUT2D eigenvalue weighted by Crippen LogP contribution is -2.37. The maximum absolute atomic E-state index is 5.74. The summed E-state index contributed by atoms with van der Waals surface area (Å²) < 4.78 is 7.70. The summed E-state index contributed by atoms with van der Waals surface area (Å²) in [4.78, 5) is 25.3. The van der Waals surface area contributed by atoms with Crippen molar-refractivity contribution in [3.8, 4) is 11.4 Å². The molecule has 2 aliphatic rings. The number of nitrogens with two attached hydrogens (primary N) is 1. The van der Waals surface area contributed by atoms with Crippen LogP contribution in [0.15, 0.2) is 43.0 Å². The third-order valence-corrected chi connectivity index (χ3v) is 6.04. The number of ether oxygens (including phenoxy) is 1. The van der Waals surface area contributed by atoms with Crippen LogP contribution < -0.4 is 10.6 Å². The number of aromatic nitrogens is 6. The number of hydrogen-bond acceptors (Lipinski definition) is 8. The summed E-state index contributed by atoms with van der Waals surface area (Å²) >= 11 is 0. The zero-order valence-electron chi connectivity index (χ0n) is 17.0. The van der Waals surface area contributed by atoms with Crippen molar-refractivity contribution in [2.45, 2.75) is 18.9 Å². The maximum atomic E-state index is 5.74.